The van der Waals surface area contributed by atoms with E-state index in [0.29, 0.717) is 11.3 Å². The summed E-state index contributed by atoms with van der Waals surface area (Å²) in [7, 11) is 1.53. The summed E-state index contributed by atoms with van der Waals surface area (Å²) in [4.78, 5) is 38.4. The number of carbonyl (C=O) groups is 3. The molecule has 2 atom stereocenters. The Kier molecular flexibility index (Phi) is 5.45. The number of rotatable bonds is 6. The van der Waals surface area contributed by atoms with Crippen LogP contribution >= 0.6 is 0 Å². The number of imide groups is 1. The molecule has 1 aliphatic heterocycles. The highest BCUT2D eigenvalue weighted by Gasteiger charge is 2.49. The van der Waals surface area contributed by atoms with Crippen LogP contribution in [0.2, 0.25) is 0 Å². The maximum atomic E-state index is 12.9. The molecule has 1 fully saturated rings. The average Bonchev–Trinajstić information content (AvgIpc) is 2.85. The number of hydrogen-bond acceptors (Lipinski definition) is 5. The van der Waals surface area contributed by atoms with Crippen LogP contribution in [0.1, 0.15) is 33.3 Å². The Balaban J connectivity index is 2.18. The van der Waals surface area contributed by atoms with E-state index in [1.54, 1.807) is 52.0 Å². The van der Waals surface area contributed by atoms with Gasteiger partial charge in [0.2, 0.25) is 5.91 Å². The average molecular weight is 372 g/mol. The highest BCUT2D eigenvalue weighted by Crippen LogP contribution is 2.30. The van der Waals surface area contributed by atoms with Crippen molar-refractivity contribution in [2.45, 2.75) is 38.8 Å². The Morgan fingerprint density at radius 3 is 2.44 bits per heavy atom. The first-order valence-corrected chi connectivity index (χ1v) is 8.58. The van der Waals surface area contributed by atoms with Gasteiger partial charge in [0.05, 0.1) is 13.2 Å². The van der Waals surface area contributed by atoms with Crippen molar-refractivity contribution in [1.29, 1.82) is 5.26 Å². The lowest BCUT2D eigenvalue weighted by atomic mass is 9.90. The number of benzene rings is 1. The van der Waals surface area contributed by atoms with Crippen molar-refractivity contribution >= 4 is 17.8 Å². The molecule has 1 saturated heterocycles. The van der Waals surface area contributed by atoms with Gasteiger partial charge >= 0.3 is 6.03 Å². The normalized spacial score (nSPS) is 21.4. The van der Waals surface area contributed by atoms with Crippen molar-refractivity contribution in [2.24, 2.45) is 5.92 Å². The second kappa shape index (κ2) is 7.27. The Morgan fingerprint density at radius 2 is 1.96 bits per heavy atom. The summed E-state index contributed by atoms with van der Waals surface area (Å²) in [6.07, 6.45) is 0. The molecule has 0 radical (unpaired) electrons. The van der Waals surface area contributed by atoms with Gasteiger partial charge in [0.1, 0.15) is 23.4 Å². The van der Waals surface area contributed by atoms with E-state index >= 15 is 0 Å². The van der Waals surface area contributed by atoms with Crippen molar-refractivity contribution in [3.05, 3.63) is 29.8 Å². The number of nitrogens with zero attached hydrogens (tertiary/aromatic N) is 2. The summed E-state index contributed by atoms with van der Waals surface area (Å²) in [6, 6.07) is 8.16. The van der Waals surface area contributed by atoms with Crippen molar-refractivity contribution in [1.82, 2.24) is 15.5 Å². The molecule has 1 heterocycles. The Hall–Kier alpha value is -3.08. The van der Waals surface area contributed by atoms with Crippen molar-refractivity contribution < 1.29 is 19.1 Å². The van der Waals surface area contributed by atoms with E-state index in [4.69, 9.17) is 4.74 Å². The number of nitriles is 1. The minimum Gasteiger partial charge on any atom is -0.497 e. The molecule has 2 rings (SSSR count). The van der Waals surface area contributed by atoms with Crippen LogP contribution in [0.5, 0.6) is 5.75 Å². The summed E-state index contributed by atoms with van der Waals surface area (Å²) in [6.45, 7) is 6.33. The Morgan fingerprint density at radius 1 is 1.37 bits per heavy atom. The van der Waals surface area contributed by atoms with Crippen LogP contribution in [-0.4, -0.2) is 41.9 Å². The second-order valence-corrected chi connectivity index (χ2v) is 7.19. The predicted molar refractivity (Wildman–Crippen MR) is 97.6 cm³/mol. The SMILES string of the molecule is COc1ccc([C@@]2(C)NC(=O)N(CC(=O)N[C@](C)(C#N)C(C)C)C2=O)cc1. The molecule has 0 spiro atoms. The van der Waals surface area contributed by atoms with Gasteiger partial charge < -0.3 is 15.4 Å². The molecule has 0 aromatic heterocycles. The van der Waals surface area contributed by atoms with Gasteiger partial charge in [0.25, 0.3) is 5.91 Å². The molecule has 0 unspecified atom stereocenters. The van der Waals surface area contributed by atoms with Gasteiger partial charge in [-0.25, -0.2) is 4.79 Å². The number of hydrogen-bond donors (Lipinski definition) is 2. The van der Waals surface area contributed by atoms with E-state index in [0.717, 1.165) is 4.90 Å². The molecule has 0 bridgehead atoms. The minimum absolute atomic E-state index is 0.140. The molecule has 0 saturated carbocycles. The van der Waals surface area contributed by atoms with Gasteiger partial charge in [-0.15, -0.1) is 0 Å². The first kappa shape index (κ1) is 20.2. The fourth-order valence-corrected chi connectivity index (χ4v) is 2.73. The summed E-state index contributed by atoms with van der Waals surface area (Å²) in [5.41, 5.74) is -1.79. The molecule has 8 heteroatoms. The zero-order valence-electron chi connectivity index (χ0n) is 16.1. The first-order valence-electron chi connectivity index (χ1n) is 8.58. The lowest BCUT2D eigenvalue weighted by molar-refractivity contribution is -0.135. The van der Waals surface area contributed by atoms with Gasteiger partial charge in [-0.2, -0.15) is 5.26 Å². The third-order valence-electron chi connectivity index (χ3n) is 5.03. The second-order valence-electron chi connectivity index (χ2n) is 7.19. The zero-order valence-corrected chi connectivity index (χ0v) is 16.1. The van der Waals surface area contributed by atoms with Crippen LogP contribution in [0.25, 0.3) is 0 Å². The van der Waals surface area contributed by atoms with Crippen LogP contribution in [0.4, 0.5) is 4.79 Å². The highest BCUT2D eigenvalue weighted by molar-refractivity contribution is 6.09. The molecule has 27 heavy (non-hydrogen) atoms. The smallest absolute Gasteiger partial charge is 0.325 e. The monoisotopic (exact) mass is 372 g/mol. The lowest BCUT2D eigenvalue weighted by Gasteiger charge is -2.28. The van der Waals surface area contributed by atoms with Crippen LogP contribution in [0.3, 0.4) is 0 Å². The molecule has 8 nitrogen and oxygen atoms in total. The molecule has 0 aliphatic carbocycles. The summed E-state index contributed by atoms with van der Waals surface area (Å²) in [5.74, 6) is -0.620. The molecular weight excluding hydrogens is 348 g/mol. The molecule has 1 aliphatic rings. The molecule has 1 aromatic carbocycles. The maximum Gasteiger partial charge on any atom is 0.325 e. The van der Waals surface area contributed by atoms with Crippen molar-refractivity contribution in [2.75, 3.05) is 13.7 Å². The maximum absolute atomic E-state index is 12.9. The number of carbonyl (C=O) groups excluding carboxylic acids is 3. The molecule has 1 aromatic rings. The topological polar surface area (TPSA) is 112 Å². The molecule has 144 valence electrons. The van der Waals surface area contributed by atoms with E-state index in [1.807, 2.05) is 0 Å². The molecular formula is C19H24N4O4. The number of urea groups is 1. The van der Waals surface area contributed by atoms with Gasteiger partial charge in [-0.05, 0) is 37.5 Å². The van der Waals surface area contributed by atoms with Crippen LogP contribution in [0.15, 0.2) is 24.3 Å². The van der Waals surface area contributed by atoms with Crippen LogP contribution in [-0.2, 0) is 15.1 Å². The highest BCUT2D eigenvalue weighted by atomic mass is 16.5. The first-order chi connectivity index (χ1) is 12.6. The summed E-state index contributed by atoms with van der Waals surface area (Å²) >= 11 is 0. The molecule has 2 N–H and O–H groups in total. The Bertz CT molecular complexity index is 799. The Labute approximate surface area is 158 Å². The number of ether oxygens (including phenoxy) is 1. The van der Waals surface area contributed by atoms with E-state index < -0.39 is 35.5 Å². The fraction of sp³-hybridized carbons (Fsp3) is 0.474. The van der Waals surface area contributed by atoms with E-state index in [2.05, 4.69) is 16.7 Å². The predicted octanol–water partition coefficient (Wildman–Crippen LogP) is 1.52. The van der Waals surface area contributed by atoms with E-state index in [1.165, 1.54) is 7.11 Å². The van der Waals surface area contributed by atoms with E-state index in [-0.39, 0.29) is 5.92 Å². The quantitative estimate of drug-likeness (QED) is 0.735. The van der Waals surface area contributed by atoms with Gasteiger partial charge in [-0.3, -0.25) is 14.5 Å². The zero-order chi connectivity index (χ0) is 20.4. The summed E-state index contributed by atoms with van der Waals surface area (Å²) < 4.78 is 5.10. The van der Waals surface area contributed by atoms with Crippen molar-refractivity contribution in [3.63, 3.8) is 0 Å². The van der Waals surface area contributed by atoms with Crippen LogP contribution < -0.4 is 15.4 Å². The van der Waals surface area contributed by atoms with Crippen molar-refractivity contribution in [3.8, 4) is 11.8 Å². The van der Waals surface area contributed by atoms with E-state index in [9.17, 15) is 19.6 Å². The van der Waals surface area contributed by atoms with Gasteiger partial charge in [0, 0.05) is 0 Å². The third kappa shape index (κ3) is 3.72. The molecule has 4 amide bonds. The number of methoxy groups -OCH3 is 1. The third-order valence-corrected chi connectivity index (χ3v) is 5.03. The summed E-state index contributed by atoms with van der Waals surface area (Å²) in [5, 5.41) is 14.6. The number of nitrogens with one attached hydrogen (secondary N) is 2. The van der Waals surface area contributed by atoms with Crippen LogP contribution in [0, 0.1) is 17.2 Å². The lowest BCUT2D eigenvalue weighted by Crippen LogP contribution is -2.52. The van der Waals surface area contributed by atoms with Gasteiger partial charge in [0.15, 0.2) is 0 Å². The minimum atomic E-state index is -1.28. The largest absolute Gasteiger partial charge is 0.497 e. The van der Waals surface area contributed by atoms with Gasteiger partial charge in [-0.1, -0.05) is 26.0 Å². The standard InChI is InChI=1S/C19H24N4O4/c1-12(2)18(3,11-20)21-15(24)10-23-16(25)19(4,22-17(23)26)13-6-8-14(27-5)9-7-13/h6-9,12H,10H2,1-5H3,(H,21,24)(H,22,26)/t18-,19-/m1/s1. The number of amides is 4. The fourth-order valence-electron chi connectivity index (χ4n) is 2.73.